The van der Waals surface area contributed by atoms with Crippen LogP contribution in [0.3, 0.4) is 0 Å². The minimum absolute atomic E-state index is 0.00977. The number of nitrogens with two attached hydrogens (primary N) is 1. The van der Waals surface area contributed by atoms with Crippen molar-refractivity contribution >= 4 is 0 Å². The number of H-pyrrole nitrogens is 1. The van der Waals surface area contributed by atoms with Crippen molar-refractivity contribution in [2.45, 2.75) is 53.0 Å². The lowest BCUT2D eigenvalue weighted by Crippen LogP contribution is -2.11. The van der Waals surface area contributed by atoms with E-state index in [1.54, 1.807) is 0 Å². The highest BCUT2D eigenvalue weighted by Crippen LogP contribution is 2.26. The molecule has 1 aromatic carbocycles. The second-order valence-corrected chi connectivity index (χ2v) is 5.68. The molecule has 3 N–H and O–H groups in total. The maximum atomic E-state index is 6.17. The molecule has 3 heteroatoms. The molecule has 3 nitrogen and oxygen atoms in total. The molecule has 0 aliphatic heterocycles. The van der Waals surface area contributed by atoms with Gasteiger partial charge in [0.05, 0.1) is 17.9 Å². The van der Waals surface area contributed by atoms with Crippen molar-refractivity contribution in [2.75, 3.05) is 0 Å². The van der Waals surface area contributed by atoms with Crippen molar-refractivity contribution in [3.05, 3.63) is 40.8 Å². The summed E-state index contributed by atoms with van der Waals surface area (Å²) >= 11 is 0. The summed E-state index contributed by atoms with van der Waals surface area (Å²) in [4.78, 5) is 7.85. The van der Waals surface area contributed by atoms with E-state index in [1.165, 1.54) is 22.3 Å². The van der Waals surface area contributed by atoms with Crippen LogP contribution in [-0.2, 0) is 0 Å². The first kappa shape index (κ1) is 14.8. The number of benzene rings is 1. The summed E-state index contributed by atoms with van der Waals surface area (Å²) in [7, 11) is 0. The zero-order valence-electron chi connectivity index (χ0n) is 13.0. The van der Waals surface area contributed by atoms with E-state index in [0.717, 1.165) is 30.8 Å². The third-order valence-corrected chi connectivity index (χ3v) is 3.95. The van der Waals surface area contributed by atoms with Crippen molar-refractivity contribution < 1.29 is 0 Å². The van der Waals surface area contributed by atoms with Crippen molar-refractivity contribution in [3.8, 4) is 11.3 Å². The number of rotatable bonds is 5. The monoisotopic (exact) mass is 271 g/mol. The Labute approximate surface area is 121 Å². The number of aromatic nitrogens is 2. The Morgan fingerprint density at radius 3 is 2.55 bits per heavy atom. The Bertz CT molecular complexity index is 584. The molecule has 0 amide bonds. The van der Waals surface area contributed by atoms with Gasteiger partial charge >= 0.3 is 0 Å². The van der Waals surface area contributed by atoms with Gasteiger partial charge in [0.2, 0.25) is 0 Å². The molecule has 0 spiro atoms. The van der Waals surface area contributed by atoms with Gasteiger partial charge in [-0.15, -0.1) is 0 Å². The number of imidazole rings is 1. The number of nitrogens with zero attached hydrogens (tertiary/aromatic N) is 1. The summed E-state index contributed by atoms with van der Waals surface area (Å²) in [5.74, 6) is 0.895. The van der Waals surface area contributed by atoms with Crippen LogP contribution in [0.15, 0.2) is 18.3 Å². The first-order valence-electron chi connectivity index (χ1n) is 7.41. The number of nitrogens with one attached hydrogen (secondary N) is 1. The Hall–Kier alpha value is -1.61. The summed E-state index contributed by atoms with van der Waals surface area (Å²) in [5, 5.41) is 0. The maximum absolute atomic E-state index is 6.17. The van der Waals surface area contributed by atoms with Gasteiger partial charge in [-0.25, -0.2) is 4.98 Å². The zero-order chi connectivity index (χ0) is 14.7. The van der Waals surface area contributed by atoms with Crippen LogP contribution in [0.1, 0.15) is 54.7 Å². The molecule has 0 bridgehead atoms. The molecule has 20 heavy (non-hydrogen) atoms. The third kappa shape index (κ3) is 3.10. The topological polar surface area (TPSA) is 54.7 Å². The van der Waals surface area contributed by atoms with Crippen LogP contribution < -0.4 is 5.73 Å². The van der Waals surface area contributed by atoms with Crippen molar-refractivity contribution in [3.63, 3.8) is 0 Å². The van der Waals surface area contributed by atoms with Gasteiger partial charge in [0.15, 0.2) is 0 Å². The number of aromatic amines is 1. The number of aryl methyl sites for hydroxylation is 3. The molecule has 0 radical (unpaired) electrons. The molecular weight excluding hydrogens is 246 g/mol. The van der Waals surface area contributed by atoms with Gasteiger partial charge in [-0.05, 0) is 49.9 Å². The fourth-order valence-electron chi connectivity index (χ4n) is 2.47. The van der Waals surface area contributed by atoms with Gasteiger partial charge in [0.1, 0.15) is 5.82 Å². The predicted molar refractivity (Wildman–Crippen MR) is 84.7 cm³/mol. The Kier molecular flexibility index (Phi) is 4.61. The summed E-state index contributed by atoms with van der Waals surface area (Å²) in [6.07, 6.45) is 5.19. The van der Waals surface area contributed by atoms with Gasteiger partial charge in [0, 0.05) is 5.56 Å². The molecule has 0 aliphatic rings. The van der Waals surface area contributed by atoms with E-state index in [-0.39, 0.29) is 6.04 Å². The standard InChI is InChI=1S/C17H25N3/c1-5-6-7-15(18)17-19-10-16(20-17)14-9-12(3)11(2)8-13(14)4/h8-10,15H,5-7,18H2,1-4H3,(H,19,20). The highest BCUT2D eigenvalue weighted by atomic mass is 15.0. The Morgan fingerprint density at radius 2 is 1.85 bits per heavy atom. The normalized spacial score (nSPS) is 12.7. The lowest BCUT2D eigenvalue weighted by Gasteiger charge is -2.09. The van der Waals surface area contributed by atoms with Crippen LogP contribution in [0.5, 0.6) is 0 Å². The van der Waals surface area contributed by atoms with Crippen LogP contribution in [0.4, 0.5) is 0 Å². The van der Waals surface area contributed by atoms with E-state index in [1.807, 2.05) is 6.20 Å². The number of unbranched alkanes of at least 4 members (excludes halogenated alkanes) is 1. The molecule has 1 unspecified atom stereocenters. The molecular formula is C17H25N3. The number of hydrogen-bond acceptors (Lipinski definition) is 2. The van der Waals surface area contributed by atoms with Gasteiger partial charge < -0.3 is 10.7 Å². The largest absolute Gasteiger partial charge is 0.341 e. The highest BCUT2D eigenvalue weighted by Gasteiger charge is 2.12. The van der Waals surface area contributed by atoms with Crippen molar-refractivity contribution in [1.29, 1.82) is 0 Å². The fourth-order valence-corrected chi connectivity index (χ4v) is 2.47. The lowest BCUT2D eigenvalue weighted by molar-refractivity contribution is 0.580. The van der Waals surface area contributed by atoms with E-state index in [9.17, 15) is 0 Å². The smallest absolute Gasteiger partial charge is 0.123 e. The van der Waals surface area contributed by atoms with Gasteiger partial charge in [0.25, 0.3) is 0 Å². The molecule has 1 atom stereocenters. The molecule has 2 rings (SSSR count). The first-order chi connectivity index (χ1) is 9.52. The minimum Gasteiger partial charge on any atom is -0.341 e. The fraction of sp³-hybridized carbons (Fsp3) is 0.471. The van der Waals surface area contributed by atoms with E-state index < -0.39 is 0 Å². The highest BCUT2D eigenvalue weighted by molar-refractivity contribution is 5.65. The van der Waals surface area contributed by atoms with Crippen LogP contribution in [0.2, 0.25) is 0 Å². The molecule has 1 aromatic heterocycles. The predicted octanol–water partition coefficient (Wildman–Crippen LogP) is 4.19. The average Bonchev–Trinajstić information content (AvgIpc) is 2.89. The van der Waals surface area contributed by atoms with Crippen LogP contribution in [0, 0.1) is 20.8 Å². The summed E-state index contributed by atoms with van der Waals surface area (Å²) in [6, 6.07) is 4.46. The van der Waals surface area contributed by atoms with E-state index >= 15 is 0 Å². The molecule has 108 valence electrons. The van der Waals surface area contributed by atoms with Crippen LogP contribution in [-0.4, -0.2) is 9.97 Å². The third-order valence-electron chi connectivity index (χ3n) is 3.95. The molecule has 1 heterocycles. The summed E-state index contributed by atoms with van der Waals surface area (Å²) < 4.78 is 0. The van der Waals surface area contributed by atoms with E-state index in [2.05, 4.69) is 49.8 Å². The molecule has 0 aliphatic carbocycles. The quantitative estimate of drug-likeness (QED) is 0.856. The summed E-state index contributed by atoms with van der Waals surface area (Å²) in [6.45, 7) is 8.60. The second-order valence-electron chi connectivity index (χ2n) is 5.68. The van der Waals surface area contributed by atoms with Crippen LogP contribution >= 0.6 is 0 Å². The van der Waals surface area contributed by atoms with E-state index in [0.29, 0.717) is 0 Å². The Morgan fingerprint density at radius 1 is 1.15 bits per heavy atom. The lowest BCUT2D eigenvalue weighted by atomic mass is 9.99. The van der Waals surface area contributed by atoms with Gasteiger partial charge in [-0.3, -0.25) is 0 Å². The molecule has 0 saturated heterocycles. The first-order valence-corrected chi connectivity index (χ1v) is 7.41. The second kappa shape index (κ2) is 6.23. The average molecular weight is 271 g/mol. The van der Waals surface area contributed by atoms with Crippen molar-refractivity contribution in [2.24, 2.45) is 5.73 Å². The minimum atomic E-state index is 0.00977. The number of hydrogen-bond donors (Lipinski definition) is 2. The van der Waals surface area contributed by atoms with Gasteiger partial charge in [-0.2, -0.15) is 0 Å². The zero-order valence-corrected chi connectivity index (χ0v) is 13.0. The molecule has 0 saturated carbocycles. The van der Waals surface area contributed by atoms with E-state index in [4.69, 9.17) is 5.73 Å². The SMILES string of the molecule is CCCCC(N)c1ncc(-c2cc(C)c(C)cc2C)[nH]1. The Balaban J connectivity index is 2.27. The molecule has 0 fully saturated rings. The van der Waals surface area contributed by atoms with Gasteiger partial charge in [-0.1, -0.05) is 25.8 Å². The molecule has 2 aromatic rings. The van der Waals surface area contributed by atoms with Crippen molar-refractivity contribution in [1.82, 2.24) is 9.97 Å². The maximum Gasteiger partial charge on any atom is 0.123 e. The van der Waals surface area contributed by atoms with Crippen LogP contribution in [0.25, 0.3) is 11.3 Å². The summed E-state index contributed by atoms with van der Waals surface area (Å²) in [5.41, 5.74) is 12.3.